The molecule has 1 aromatic carbocycles. The van der Waals surface area contributed by atoms with E-state index in [1.165, 1.54) is 25.1 Å². The van der Waals surface area contributed by atoms with Crippen LogP contribution in [0.1, 0.15) is 41.8 Å². The van der Waals surface area contributed by atoms with E-state index in [1.54, 1.807) is 16.7 Å². The van der Waals surface area contributed by atoms with Crippen LogP contribution < -0.4 is 0 Å². The van der Waals surface area contributed by atoms with E-state index in [9.17, 15) is 14.0 Å². The molecule has 0 aliphatic carbocycles. The van der Waals surface area contributed by atoms with Crippen molar-refractivity contribution in [2.45, 2.75) is 39.2 Å². The lowest BCUT2D eigenvalue weighted by molar-refractivity contribution is -0.132. The van der Waals surface area contributed by atoms with Gasteiger partial charge < -0.3 is 14.3 Å². The number of likely N-dealkylation sites (tertiary alicyclic amines) is 1. The smallest absolute Gasteiger partial charge is 0.256 e. The molecular formula is C19H22ClFN4O3. The van der Waals surface area contributed by atoms with Crippen molar-refractivity contribution in [1.82, 2.24) is 19.9 Å². The van der Waals surface area contributed by atoms with E-state index >= 15 is 0 Å². The molecule has 2 aromatic rings. The maximum absolute atomic E-state index is 14.1. The van der Waals surface area contributed by atoms with Gasteiger partial charge in [0.25, 0.3) is 5.91 Å². The molecule has 1 aliphatic rings. The number of carbonyl (C=O) groups is 2. The first kappa shape index (κ1) is 20.3. The Morgan fingerprint density at radius 3 is 2.89 bits per heavy atom. The van der Waals surface area contributed by atoms with Gasteiger partial charge in [-0.1, -0.05) is 16.8 Å². The molecule has 28 heavy (non-hydrogen) atoms. The van der Waals surface area contributed by atoms with Gasteiger partial charge in [0.15, 0.2) is 5.82 Å². The molecule has 0 spiro atoms. The summed E-state index contributed by atoms with van der Waals surface area (Å²) in [4.78, 5) is 32.4. The zero-order chi connectivity index (χ0) is 20.3. The number of halogens is 2. The molecule has 9 heteroatoms. The van der Waals surface area contributed by atoms with E-state index in [2.05, 4.69) is 10.1 Å². The Kier molecular flexibility index (Phi) is 6.28. The molecule has 0 bridgehead atoms. The zero-order valence-corrected chi connectivity index (χ0v) is 16.6. The topological polar surface area (TPSA) is 79.5 Å². The second-order valence-corrected chi connectivity index (χ2v) is 7.30. The monoisotopic (exact) mass is 408 g/mol. The maximum atomic E-state index is 14.1. The van der Waals surface area contributed by atoms with Gasteiger partial charge in [0.05, 0.1) is 5.56 Å². The van der Waals surface area contributed by atoms with Gasteiger partial charge in [-0.25, -0.2) is 4.39 Å². The lowest BCUT2D eigenvalue weighted by Crippen LogP contribution is -2.51. The van der Waals surface area contributed by atoms with Gasteiger partial charge in [-0.05, 0) is 31.0 Å². The van der Waals surface area contributed by atoms with Crippen LogP contribution >= 0.6 is 11.6 Å². The third-order valence-electron chi connectivity index (χ3n) is 4.83. The standard InChI is InChI=1S/C19H22ClFN4O3/c1-12-22-18(23-28-12)7-9-25(13(2)26)15-4-3-8-24(11-15)19(27)16-10-14(20)5-6-17(16)21/h5-6,10,15H,3-4,7-9,11H2,1-2H3. The molecule has 2 heterocycles. The number of benzene rings is 1. The van der Waals surface area contributed by atoms with Crippen molar-refractivity contribution in [3.63, 3.8) is 0 Å². The zero-order valence-electron chi connectivity index (χ0n) is 15.8. The Morgan fingerprint density at radius 1 is 1.43 bits per heavy atom. The first-order chi connectivity index (χ1) is 13.3. The third kappa shape index (κ3) is 4.67. The summed E-state index contributed by atoms with van der Waals surface area (Å²) in [6.45, 7) is 4.48. The van der Waals surface area contributed by atoms with Crippen LogP contribution in [-0.2, 0) is 11.2 Å². The molecule has 1 saturated heterocycles. The molecule has 150 valence electrons. The van der Waals surface area contributed by atoms with Crippen LogP contribution in [0.5, 0.6) is 0 Å². The highest BCUT2D eigenvalue weighted by atomic mass is 35.5. The number of aryl methyl sites for hydroxylation is 1. The van der Waals surface area contributed by atoms with Crippen LogP contribution in [0.2, 0.25) is 5.02 Å². The average Bonchev–Trinajstić information content (AvgIpc) is 3.08. The molecule has 2 amide bonds. The maximum Gasteiger partial charge on any atom is 0.256 e. The molecular weight excluding hydrogens is 387 g/mol. The fraction of sp³-hybridized carbons (Fsp3) is 0.474. The highest BCUT2D eigenvalue weighted by Gasteiger charge is 2.30. The molecule has 0 saturated carbocycles. The van der Waals surface area contributed by atoms with Crippen LogP contribution in [0.25, 0.3) is 0 Å². The largest absolute Gasteiger partial charge is 0.340 e. The minimum Gasteiger partial charge on any atom is -0.340 e. The van der Waals surface area contributed by atoms with Gasteiger partial charge in [-0.2, -0.15) is 4.98 Å². The van der Waals surface area contributed by atoms with Crippen LogP contribution in [0, 0.1) is 12.7 Å². The first-order valence-electron chi connectivity index (χ1n) is 9.16. The summed E-state index contributed by atoms with van der Waals surface area (Å²) in [5, 5.41) is 4.15. The van der Waals surface area contributed by atoms with Gasteiger partial charge in [0.2, 0.25) is 11.8 Å². The van der Waals surface area contributed by atoms with Crippen molar-refractivity contribution in [3.8, 4) is 0 Å². The Hall–Kier alpha value is -2.48. The lowest BCUT2D eigenvalue weighted by Gasteiger charge is -2.39. The van der Waals surface area contributed by atoms with E-state index in [-0.39, 0.29) is 17.5 Å². The molecule has 1 atom stereocenters. The molecule has 1 aromatic heterocycles. The van der Waals surface area contributed by atoms with Gasteiger partial charge >= 0.3 is 0 Å². The van der Waals surface area contributed by atoms with Gasteiger partial charge in [0, 0.05) is 51.0 Å². The number of amides is 2. The summed E-state index contributed by atoms with van der Waals surface area (Å²) in [5.74, 6) is -0.0984. The predicted octanol–water partition coefficient (Wildman–Crippen LogP) is 2.87. The van der Waals surface area contributed by atoms with Crippen LogP contribution in [0.4, 0.5) is 4.39 Å². The number of piperidine rings is 1. The van der Waals surface area contributed by atoms with Crippen molar-refractivity contribution in [2.24, 2.45) is 0 Å². The van der Waals surface area contributed by atoms with Gasteiger partial charge in [-0.3, -0.25) is 9.59 Å². The molecule has 0 N–H and O–H groups in total. The highest BCUT2D eigenvalue weighted by Crippen LogP contribution is 2.22. The average molecular weight is 409 g/mol. The normalized spacial score (nSPS) is 16.9. The van der Waals surface area contributed by atoms with Crippen molar-refractivity contribution in [3.05, 3.63) is 46.3 Å². The second kappa shape index (κ2) is 8.68. The van der Waals surface area contributed by atoms with Crippen LogP contribution in [-0.4, -0.2) is 57.4 Å². The fourth-order valence-electron chi connectivity index (χ4n) is 3.49. The molecule has 0 radical (unpaired) electrons. The van der Waals surface area contributed by atoms with E-state index in [0.29, 0.717) is 42.8 Å². The van der Waals surface area contributed by atoms with E-state index in [1.807, 2.05) is 0 Å². The van der Waals surface area contributed by atoms with Crippen molar-refractivity contribution in [1.29, 1.82) is 0 Å². The molecule has 1 fully saturated rings. The summed E-state index contributed by atoms with van der Waals surface area (Å²) in [6, 6.07) is 3.78. The first-order valence-corrected chi connectivity index (χ1v) is 9.53. The summed E-state index contributed by atoms with van der Waals surface area (Å²) in [5.41, 5.74) is -0.0511. The Balaban J connectivity index is 1.70. The minimum atomic E-state index is -0.604. The third-order valence-corrected chi connectivity index (χ3v) is 5.07. The summed E-state index contributed by atoms with van der Waals surface area (Å²) < 4.78 is 19.0. The second-order valence-electron chi connectivity index (χ2n) is 6.86. The van der Waals surface area contributed by atoms with Crippen molar-refractivity contribution >= 4 is 23.4 Å². The van der Waals surface area contributed by atoms with Gasteiger partial charge in [0.1, 0.15) is 5.82 Å². The summed E-state index contributed by atoms with van der Waals surface area (Å²) in [7, 11) is 0. The Bertz CT molecular complexity index is 873. The van der Waals surface area contributed by atoms with Gasteiger partial charge in [-0.15, -0.1) is 0 Å². The van der Waals surface area contributed by atoms with Crippen molar-refractivity contribution in [2.75, 3.05) is 19.6 Å². The number of hydrogen-bond acceptors (Lipinski definition) is 5. The molecule has 7 nitrogen and oxygen atoms in total. The predicted molar refractivity (Wildman–Crippen MR) is 100 cm³/mol. The molecule has 1 unspecified atom stereocenters. The van der Waals surface area contributed by atoms with E-state index in [4.69, 9.17) is 16.1 Å². The highest BCUT2D eigenvalue weighted by molar-refractivity contribution is 6.31. The fourth-order valence-corrected chi connectivity index (χ4v) is 3.66. The lowest BCUT2D eigenvalue weighted by atomic mass is 10.0. The number of aromatic nitrogens is 2. The number of carbonyl (C=O) groups excluding carboxylic acids is 2. The van der Waals surface area contributed by atoms with Crippen molar-refractivity contribution < 1.29 is 18.5 Å². The number of hydrogen-bond donors (Lipinski definition) is 0. The SMILES string of the molecule is CC(=O)N(CCc1noc(C)n1)C1CCCN(C(=O)c2cc(Cl)ccc2F)C1. The van der Waals surface area contributed by atoms with Crippen LogP contribution in [0.15, 0.2) is 22.7 Å². The quantitative estimate of drug-likeness (QED) is 0.760. The molecule has 1 aliphatic heterocycles. The summed E-state index contributed by atoms with van der Waals surface area (Å²) in [6.07, 6.45) is 1.96. The number of nitrogens with zero attached hydrogens (tertiary/aromatic N) is 4. The van der Waals surface area contributed by atoms with E-state index in [0.717, 1.165) is 12.8 Å². The van der Waals surface area contributed by atoms with Crippen LogP contribution in [0.3, 0.4) is 0 Å². The Morgan fingerprint density at radius 2 is 2.21 bits per heavy atom. The summed E-state index contributed by atoms with van der Waals surface area (Å²) >= 11 is 5.91. The minimum absolute atomic E-state index is 0.0511. The molecule has 3 rings (SSSR count). The number of rotatable bonds is 5. The Labute approximate surface area is 167 Å². The van der Waals surface area contributed by atoms with E-state index < -0.39 is 11.7 Å².